The zero-order chi connectivity index (χ0) is 26.9. The topological polar surface area (TPSA) is 89.0 Å². The molecule has 1 aliphatic carbocycles. The predicted molar refractivity (Wildman–Crippen MR) is 157 cm³/mol. The molecule has 3 aromatic carbocycles. The number of carbonyl (C=O) groups excluding carboxylic acids is 1. The largest absolute Gasteiger partial charge is 0.505 e. The number of allylic oxidation sites excluding steroid dienone is 1. The number of hydrazine groups is 1. The monoisotopic (exact) mass is 525 g/mol. The highest BCUT2D eigenvalue weighted by Crippen LogP contribution is 2.40. The number of urea groups is 1. The average molecular weight is 526 g/mol. The molecule has 2 aliphatic rings. The van der Waals surface area contributed by atoms with Crippen molar-refractivity contribution in [2.45, 2.75) is 44.0 Å². The molecule has 38 heavy (non-hydrogen) atoms. The lowest BCUT2D eigenvalue weighted by Gasteiger charge is -2.25. The Morgan fingerprint density at radius 3 is 2.39 bits per heavy atom. The molecule has 1 heterocycles. The van der Waals surface area contributed by atoms with Gasteiger partial charge in [0.2, 0.25) is 0 Å². The minimum atomic E-state index is -0.286. The summed E-state index contributed by atoms with van der Waals surface area (Å²) in [4.78, 5) is 14.3. The number of hydrogen-bond acceptors (Lipinski definition) is 6. The normalized spacial score (nSPS) is 16.5. The van der Waals surface area contributed by atoms with Crippen molar-refractivity contribution in [3.8, 4) is 5.75 Å². The van der Waals surface area contributed by atoms with Gasteiger partial charge >= 0.3 is 6.03 Å². The second-order valence-corrected chi connectivity index (χ2v) is 11.5. The van der Waals surface area contributed by atoms with Gasteiger partial charge in [0.25, 0.3) is 0 Å². The van der Waals surface area contributed by atoms with Crippen LogP contribution in [0.5, 0.6) is 5.75 Å². The standard InChI is InChI=1S/C30H31N5O2S/c1-19-16-24(30(2,3)4)28(36)27(17-19)35-33-25-15-14-23(18-26(25)34-35)38-22-12-10-21(11-13-22)32-29(37)31-20-8-6-5-7-9-20/h5-18,25,33,36H,1-4H3,(H2,31,32,37). The molecule has 0 saturated heterocycles. The molecule has 1 unspecified atom stereocenters. The summed E-state index contributed by atoms with van der Waals surface area (Å²) in [7, 11) is 0. The molecule has 8 heteroatoms. The number of fused-ring (bicyclic) bond motifs is 1. The first-order chi connectivity index (χ1) is 18.2. The maximum Gasteiger partial charge on any atom is 0.323 e. The van der Waals surface area contributed by atoms with Gasteiger partial charge in [0.05, 0.1) is 11.8 Å². The molecule has 7 nitrogen and oxygen atoms in total. The van der Waals surface area contributed by atoms with E-state index in [-0.39, 0.29) is 23.2 Å². The second-order valence-electron chi connectivity index (χ2n) is 10.4. The van der Waals surface area contributed by atoms with E-state index in [2.05, 4.69) is 55.1 Å². The number of amides is 2. The van der Waals surface area contributed by atoms with E-state index in [1.165, 1.54) is 0 Å². The van der Waals surface area contributed by atoms with Gasteiger partial charge in [-0.15, -0.1) is 0 Å². The summed E-state index contributed by atoms with van der Waals surface area (Å²) < 4.78 is 0. The maximum atomic E-state index is 12.2. The molecule has 0 fully saturated rings. The third-order valence-corrected chi connectivity index (χ3v) is 7.19. The zero-order valence-corrected chi connectivity index (χ0v) is 22.6. The van der Waals surface area contributed by atoms with Crippen molar-refractivity contribution < 1.29 is 9.90 Å². The van der Waals surface area contributed by atoms with Crippen LogP contribution in [0.15, 0.2) is 99.9 Å². The third kappa shape index (κ3) is 5.77. The maximum absolute atomic E-state index is 12.2. The van der Waals surface area contributed by atoms with E-state index in [1.807, 2.05) is 73.7 Å². The smallest absolute Gasteiger partial charge is 0.323 e. The van der Waals surface area contributed by atoms with Crippen LogP contribution in [-0.4, -0.2) is 22.9 Å². The molecule has 0 spiro atoms. The van der Waals surface area contributed by atoms with Gasteiger partial charge in [-0.3, -0.25) is 0 Å². The Hall–Kier alpha value is -4.01. The minimum absolute atomic E-state index is 0.0629. The highest BCUT2D eigenvalue weighted by Gasteiger charge is 2.30. The quantitative estimate of drug-likeness (QED) is 0.290. The fraction of sp³-hybridized carbons (Fsp3) is 0.200. The number of thioether (sulfide) groups is 1. The Labute approximate surface area is 227 Å². The van der Waals surface area contributed by atoms with Crippen LogP contribution in [-0.2, 0) is 5.41 Å². The van der Waals surface area contributed by atoms with Gasteiger partial charge in [0, 0.05) is 26.7 Å². The first-order valence-corrected chi connectivity index (χ1v) is 13.3. The van der Waals surface area contributed by atoms with E-state index in [0.717, 1.165) is 32.3 Å². The van der Waals surface area contributed by atoms with Crippen LogP contribution >= 0.6 is 11.8 Å². The summed E-state index contributed by atoms with van der Waals surface area (Å²) >= 11 is 1.62. The molecule has 5 rings (SSSR count). The van der Waals surface area contributed by atoms with Crippen molar-refractivity contribution in [1.29, 1.82) is 0 Å². The Kier molecular flexibility index (Phi) is 7.01. The van der Waals surface area contributed by atoms with Crippen LogP contribution < -0.4 is 21.2 Å². The number of hydrazone groups is 1. The van der Waals surface area contributed by atoms with Crippen molar-refractivity contribution in [1.82, 2.24) is 5.43 Å². The van der Waals surface area contributed by atoms with E-state index in [9.17, 15) is 9.90 Å². The van der Waals surface area contributed by atoms with Gasteiger partial charge < -0.3 is 15.7 Å². The van der Waals surface area contributed by atoms with Gasteiger partial charge in [0.1, 0.15) is 11.4 Å². The minimum Gasteiger partial charge on any atom is -0.505 e. The number of phenolic OH excluding ortho intramolecular Hbond substituents is 1. The van der Waals surface area contributed by atoms with Crippen LogP contribution in [0.4, 0.5) is 21.9 Å². The summed E-state index contributed by atoms with van der Waals surface area (Å²) in [6.45, 7) is 8.29. The van der Waals surface area contributed by atoms with Crippen molar-refractivity contribution in [3.63, 3.8) is 0 Å². The van der Waals surface area contributed by atoms with Gasteiger partial charge in [-0.25, -0.2) is 4.79 Å². The zero-order valence-electron chi connectivity index (χ0n) is 21.8. The molecule has 0 saturated carbocycles. The van der Waals surface area contributed by atoms with Gasteiger partial charge in [0.15, 0.2) is 0 Å². The van der Waals surface area contributed by atoms with Crippen LogP contribution in [0.2, 0.25) is 0 Å². The number of nitrogens with one attached hydrogen (secondary N) is 3. The summed E-state index contributed by atoms with van der Waals surface area (Å²) in [6, 6.07) is 20.7. The first-order valence-electron chi connectivity index (χ1n) is 12.5. The first kappa shape index (κ1) is 25.6. The number of hydrogen-bond donors (Lipinski definition) is 4. The van der Waals surface area contributed by atoms with E-state index in [1.54, 1.807) is 16.9 Å². The number of rotatable bonds is 5. The number of aryl methyl sites for hydroxylation is 1. The summed E-state index contributed by atoms with van der Waals surface area (Å²) in [5.41, 5.74) is 8.11. The lowest BCUT2D eigenvalue weighted by atomic mass is 9.85. The molecule has 194 valence electrons. The summed E-state index contributed by atoms with van der Waals surface area (Å²) in [5.74, 6) is 0.243. The van der Waals surface area contributed by atoms with Crippen LogP contribution in [0.1, 0.15) is 31.9 Å². The molecule has 1 aliphatic heterocycles. The fourth-order valence-corrected chi connectivity index (χ4v) is 5.16. The number of carbonyl (C=O) groups is 1. The Bertz CT molecular complexity index is 1440. The SMILES string of the molecule is Cc1cc(N2N=C3C=C(Sc4ccc(NC(=O)Nc5ccccc5)cc4)C=CC3N2)c(O)c(C(C)(C)C)c1. The van der Waals surface area contributed by atoms with Gasteiger partial charge in [-0.05, 0) is 66.4 Å². The lowest BCUT2D eigenvalue weighted by Crippen LogP contribution is -2.37. The number of anilines is 3. The van der Waals surface area contributed by atoms with Crippen molar-refractivity contribution in [2.24, 2.45) is 5.10 Å². The van der Waals surface area contributed by atoms with E-state index in [4.69, 9.17) is 5.10 Å². The Morgan fingerprint density at radius 2 is 1.71 bits per heavy atom. The Morgan fingerprint density at radius 1 is 1.03 bits per heavy atom. The molecular formula is C30H31N5O2S. The van der Waals surface area contributed by atoms with E-state index >= 15 is 0 Å². The molecule has 2 amide bonds. The van der Waals surface area contributed by atoms with Gasteiger partial charge in [-0.2, -0.15) is 15.6 Å². The predicted octanol–water partition coefficient (Wildman–Crippen LogP) is 6.94. The molecule has 4 N–H and O–H groups in total. The Balaban J connectivity index is 1.26. The number of nitrogens with zero attached hydrogens (tertiary/aromatic N) is 2. The highest BCUT2D eigenvalue weighted by molar-refractivity contribution is 8.03. The van der Waals surface area contributed by atoms with Gasteiger partial charge in [-0.1, -0.05) is 69.0 Å². The van der Waals surface area contributed by atoms with Crippen molar-refractivity contribution in [2.75, 3.05) is 15.8 Å². The van der Waals surface area contributed by atoms with Crippen LogP contribution in [0.3, 0.4) is 0 Å². The van der Waals surface area contributed by atoms with E-state index in [0.29, 0.717) is 11.4 Å². The number of para-hydroxylation sites is 1. The highest BCUT2D eigenvalue weighted by atomic mass is 32.2. The van der Waals surface area contributed by atoms with E-state index < -0.39 is 0 Å². The number of aromatic hydroxyl groups is 1. The molecule has 1 atom stereocenters. The molecule has 3 aromatic rings. The molecule has 0 aromatic heterocycles. The fourth-order valence-electron chi connectivity index (χ4n) is 4.29. The second kappa shape index (κ2) is 10.4. The molecule has 0 radical (unpaired) electrons. The summed E-state index contributed by atoms with van der Waals surface area (Å²) in [5, 5.41) is 23.1. The lowest BCUT2D eigenvalue weighted by molar-refractivity contribution is 0.262. The molecular weight excluding hydrogens is 494 g/mol. The van der Waals surface area contributed by atoms with Crippen molar-refractivity contribution >= 4 is 40.6 Å². The summed E-state index contributed by atoms with van der Waals surface area (Å²) in [6.07, 6.45) is 6.20. The number of phenols is 1. The third-order valence-electron chi connectivity index (χ3n) is 6.19. The van der Waals surface area contributed by atoms with Crippen molar-refractivity contribution in [3.05, 3.63) is 101 Å². The van der Waals surface area contributed by atoms with Crippen LogP contribution in [0, 0.1) is 6.92 Å². The number of benzene rings is 3. The average Bonchev–Trinajstić information content (AvgIpc) is 3.29. The molecule has 0 bridgehead atoms. The van der Waals surface area contributed by atoms with Crippen LogP contribution in [0.25, 0.3) is 0 Å².